The van der Waals surface area contributed by atoms with E-state index in [0.29, 0.717) is 0 Å². The summed E-state index contributed by atoms with van der Waals surface area (Å²) in [5, 5.41) is 3.17. The lowest BCUT2D eigenvalue weighted by molar-refractivity contribution is -0.147. The molecule has 2 N–H and O–H groups in total. The molecule has 1 heterocycles. The van der Waals surface area contributed by atoms with Crippen molar-refractivity contribution in [2.45, 2.75) is 24.9 Å². The van der Waals surface area contributed by atoms with Crippen molar-refractivity contribution in [1.82, 2.24) is 5.32 Å². The maximum Gasteiger partial charge on any atom is 0.319 e. The molecule has 0 aromatic heterocycles. The van der Waals surface area contributed by atoms with Gasteiger partial charge in [0.25, 0.3) is 0 Å². The highest BCUT2D eigenvalue weighted by atomic mass is 31.2. The van der Waals surface area contributed by atoms with E-state index in [4.69, 9.17) is 0 Å². The molecule has 0 aromatic carbocycles. The lowest BCUT2D eigenvalue weighted by atomic mass is 10.0. The topological polar surface area (TPSA) is 102 Å². The lowest BCUT2D eigenvalue weighted by Gasteiger charge is -2.27. The smallest absolute Gasteiger partial charge is 0.319 e. The average molecular weight is 307 g/mol. The van der Waals surface area contributed by atoms with Crippen LogP contribution < -0.4 is 5.32 Å². The van der Waals surface area contributed by atoms with Crippen LogP contribution in [-0.4, -0.2) is 56.0 Å². The minimum atomic E-state index is -3.81. The van der Waals surface area contributed by atoms with Crippen molar-refractivity contribution in [3.8, 4) is 0 Å². The number of hydrogen-bond donors (Lipinski definition) is 2. The van der Waals surface area contributed by atoms with Crippen LogP contribution in [0.1, 0.15) is 19.3 Å². The van der Waals surface area contributed by atoms with Crippen molar-refractivity contribution < 1.29 is 28.5 Å². The summed E-state index contributed by atoms with van der Waals surface area (Å²) in [6, 6.07) is 0. The Morgan fingerprint density at radius 2 is 1.90 bits per heavy atom. The second-order valence-corrected chi connectivity index (χ2v) is 7.45. The first kappa shape index (κ1) is 17.1. The Labute approximate surface area is 118 Å². The van der Waals surface area contributed by atoms with Crippen molar-refractivity contribution >= 4 is 19.3 Å². The van der Waals surface area contributed by atoms with Gasteiger partial charge in [0.1, 0.15) is 5.66 Å². The van der Waals surface area contributed by atoms with Gasteiger partial charge in [0.05, 0.1) is 20.6 Å². The fourth-order valence-corrected chi connectivity index (χ4v) is 4.56. The zero-order chi connectivity index (χ0) is 15.2. The zero-order valence-corrected chi connectivity index (χ0v) is 12.7. The minimum absolute atomic E-state index is 0.0332. The number of carbonyl (C=O) groups is 2. The summed E-state index contributed by atoms with van der Waals surface area (Å²) in [5.74, 6) is -1.45. The maximum absolute atomic E-state index is 12.5. The largest absolute Gasteiger partial charge is 0.469 e. The van der Waals surface area contributed by atoms with Gasteiger partial charge in [0.15, 0.2) is 0 Å². The number of ether oxygens (including phenoxy) is 2. The molecule has 0 spiro atoms. The highest BCUT2D eigenvalue weighted by Crippen LogP contribution is 2.50. The summed E-state index contributed by atoms with van der Waals surface area (Å²) in [7, 11) is -1.51. The Bertz CT molecular complexity index is 393. The highest BCUT2D eigenvalue weighted by molar-refractivity contribution is 7.59. The number of piperidine rings is 1. The van der Waals surface area contributed by atoms with Gasteiger partial charge in [-0.05, 0) is 31.8 Å². The van der Waals surface area contributed by atoms with Crippen molar-refractivity contribution in [1.29, 1.82) is 0 Å². The van der Waals surface area contributed by atoms with Crippen LogP contribution in [0.15, 0.2) is 0 Å². The molecule has 0 saturated carbocycles. The van der Waals surface area contributed by atoms with E-state index in [1.165, 1.54) is 7.11 Å². The molecule has 2 unspecified atom stereocenters. The van der Waals surface area contributed by atoms with Crippen molar-refractivity contribution in [3.05, 3.63) is 0 Å². The summed E-state index contributed by atoms with van der Waals surface area (Å²) in [6.07, 6.45) is 1.18. The molecule has 0 aliphatic carbocycles. The summed E-state index contributed by atoms with van der Waals surface area (Å²) < 4.78 is 21.5. The van der Waals surface area contributed by atoms with Gasteiger partial charge >= 0.3 is 11.9 Å². The SMILES string of the molecule is COC(=O)CC(C(=O)OC)P(=O)(O)CC1CCNCC1. The van der Waals surface area contributed by atoms with E-state index in [-0.39, 0.29) is 12.1 Å². The van der Waals surface area contributed by atoms with Crippen LogP contribution in [0.5, 0.6) is 0 Å². The van der Waals surface area contributed by atoms with Crippen molar-refractivity contribution in [2.75, 3.05) is 33.5 Å². The van der Waals surface area contributed by atoms with Gasteiger partial charge in [-0.15, -0.1) is 0 Å². The molecule has 1 fully saturated rings. The summed E-state index contributed by atoms with van der Waals surface area (Å²) in [5.41, 5.74) is -1.34. The molecule has 116 valence electrons. The number of carbonyl (C=O) groups excluding carboxylic acids is 2. The molecule has 2 atom stereocenters. The van der Waals surface area contributed by atoms with Gasteiger partial charge in [-0.3, -0.25) is 14.2 Å². The minimum Gasteiger partial charge on any atom is -0.469 e. The molecule has 20 heavy (non-hydrogen) atoms. The number of nitrogens with one attached hydrogen (secondary N) is 1. The molecule has 1 rings (SSSR count). The number of hydrogen-bond acceptors (Lipinski definition) is 6. The monoisotopic (exact) mass is 307 g/mol. The van der Waals surface area contributed by atoms with E-state index in [2.05, 4.69) is 14.8 Å². The molecular formula is C12H22NO6P. The maximum atomic E-state index is 12.5. The van der Waals surface area contributed by atoms with Gasteiger partial charge in [-0.25, -0.2) is 0 Å². The van der Waals surface area contributed by atoms with Crippen LogP contribution in [-0.2, 0) is 23.6 Å². The predicted molar refractivity (Wildman–Crippen MR) is 72.7 cm³/mol. The van der Waals surface area contributed by atoms with Gasteiger partial charge in [-0.1, -0.05) is 0 Å². The Morgan fingerprint density at radius 1 is 1.30 bits per heavy atom. The fourth-order valence-electron chi connectivity index (χ4n) is 2.33. The van der Waals surface area contributed by atoms with Crippen LogP contribution >= 0.6 is 7.37 Å². The van der Waals surface area contributed by atoms with E-state index < -0.39 is 31.4 Å². The quantitative estimate of drug-likeness (QED) is 0.539. The molecule has 0 aromatic rings. The Kier molecular flexibility index (Phi) is 6.65. The second-order valence-electron chi connectivity index (χ2n) is 4.95. The first-order chi connectivity index (χ1) is 9.40. The predicted octanol–water partition coefficient (Wildman–Crippen LogP) is 0.361. The van der Waals surface area contributed by atoms with E-state index in [1.54, 1.807) is 0 Å². The van der Waals surface area contributed by atoms with Crippen molar-refractivity contribution in [2.24, 2.45) is 5.92 Å². The molecule has 1 aliphatic rings. The van der Waals surface area contributed by atoms with Gasteiger partial charge in [0.2, 0.25) is 7.37 Å². The molecule has 0 radical (unpaired) electrons. The first-order valence-corrected chi connectivity index (χ1v) is 8.49. The third-order valence-electron chi connectivity index (χ3n) is 3.53. The van der Waals surface area contributed by atoms with E-state index >= 15 is 0 Å². The first-order valence-electron chi connectivity index (χ1n) is 6.57. The Morgan fingerprint density at radius 3 is 2.40 bits per heavy atom. The second kappa shape index (κ2) is 7.76. The van der Waals surface area contributed by atoms with Crippen molar-refractivity contribution in [3.63, 3.8) is 0 Å². The molecule has 8 heteroatoms. The van der Waals surface area contributed by atoms with E-state index in [1.807, 2.05) is 0 Å². The van der Waals surface area contributed by atoms with Crippen LogP contribution in [0.25, 0.3) is 0 Å². The zero-order valence-electron chi connectivity index (χ0n) is 11.8. The molecule has 7 nitrogen and oxygen atoms in total. The van der Waals surface area contributed by atoms with Gasteiger partial charge in [0, 0.05) is 6.16 Å². The summed E-state index contributed by atoms with van der Waals surface area (Å²) in [6.45, 7) is 1.59. The molecule has 0 amide bonds. The fraction of sp³-hybridized carbons (Fsp3) is 0.833. The van der Waals surface area contributed by atoms with E-state index in [9.17, 15) is 19.0 Å². The highest BCUT2D eigenvalue weighted by Gasteiger charge is 2.41. The number of methoxy groups -OCH3 is 2. The van der Waals surface area contributed by atoms with Crippen LogP contribution in [0.4, 0.5) is 0 Å². The molecule has 1 aliphatic heterocycles. The third-order valence-corrected chi connectivity index (χ3v) is 5.93. The Hall–Kier alpha value is -0.910. The van der Waals surface area contributed by atoms with Crippen LogP contribution in [0.2, 0.25) is 0 Å². The van der Waals surface area contributed by atoms with E-state index in [0.717, 1.165) is 33.0 Å². The standard InChI is InChI=1S/C12H22NO6P/c1-18-11(14)7-10(12(15)19-2)20(16,17)8-9-3-5-13-6-4-9/h9-10,13H,3-8H2,1-2H3,(H,16,17). The molecule has 1 saturated heterocycles. The van der Waals surface area contributed by atoms with Crippen LogP contribution in [0.3, 0.4) is 0 Å². The van der Waals surface area contributed by atoms with Crippen LogP contribution in [0, 0.1) is 5.92 Å². The molecule has 0 bridgehead atoms. The Balaban J connectivity index is 2.77. The summed E-state index contributed by atoms with van der Waals surface area (Å²) in [4.78, 5) is 33.2. The average Bonchev–Trinajstić information content (AvgIpc) is 2.44. The number of esters is 2. The lowest BCUT2D eigenvalue weighted by Crippen LogP contribution is -2.32. The third kappa shape index (κ3) is 4.89. The summed E-state index contributed by atoms with van der Waals surface area (Å²) >= 11 is 0. The molecular weight excluding hydrogens is 285 g/mol. The van der Waals surface area contributed by atoms with Gasteiger partial charge < -0.3 is 19.7 Å². The van der Waals surface area contributed by atoms with Gasteiger partial charge in [-0.2, -0.15) is 0 Å². The number of rotatable bonds is 6. The normalized spacial score (nSPS) is 20.8.